The summed E-state index contributed by atoms with van der Waals surface area (Å²) in [4.78, 5) is 38.6. The second-order valence-corrected chi connectivity index (χ2v) is 6.58. The summed E-state index contributed by atoms with van der Waals surface area (Å²) in [6, 6.07) is 7.28. The summed E-state index contributed by atoms with van der Waals surface area (Å²) in [5.74, 6) is 0.0896. The number of carbonyl (C=O) groups excluding carboxylic acids is 2. The van der Waals surface area contributed by atoms with Crippen LogP contribution in [0.1, 0.15) is 21.8 Å². The van der Waals surface area contributed by atoms with Gasteiger partial charge in [-0.15, -0.1) is 0 Å². The van der Waals surface area contributed by atoms with E-state index in [0.29, 0.717) is 32.7 Å². The zero-order chi connectivity index (χ0) is 20.1. The first-order valence-corrected chi connectivity index (χ1v) is 8.87. The van der Waals surface area contributed by atoms with Crippen LogP contribution in [0.15, 0.2) is 34.9 Å². The Kier molecular flexibility index (Phi) is 5.99. The molecule has 1 aromatic heterocycles. The van der Waals surface area contributed by atoms with E-state index in [1.807, 2.05) is 13.0 Å². The van der Waals surface area contributed by atoms with Crippen LogP contribution in [0.25, 0.3) is 0 Å². The fraction of sp³-hybridized carbons (Fsp3) is 0.389. The van der Waals surface area contributed by atoms with Crippen LogP contribution >= 0.6 is 0 Å². The number of piperazine rings is 1. The Morgan fingerprint density at radius 2 is 2.00 bits per heavy atom. The molecular formula is C18H21N5O5. The third-order valence-corrected chi connectivity index (χ3v) is 4.50. The van der Waals surface area contributed by atoms with Crippen LogP contribution in [0.4, 0.5) is 5.69 Å². The minimum absolute atomic E-state index is 0.147. The van der Waals surface area contributed by atoms with Gasteiger partial charge in [-0.25, -0.2) is 0 Å². The van der Waals surface area contributed by atoms with Gasteiger partial charge in [0.05, 0.1) is 23.7 Å². The summed E-state index contributed by atoms with van der Waals surface area (Å²) in [6.45, 7) is 4.87. The number of carbonyl (C=O) groups is 2. The van der Waals surface area contributed by atoms with Gasteiger partial charge >= 0.3 is 0 Å². The summed E-state index contributed by atoms with van der Waals surface area (Å²) in [7, 11) is 0. The lowest BCUT2D eigenvalue weighted by atomic mass is 10.2. The standard InChI is InChI=1S/C18H21N5O5/c1-13-9-16(28-20-13)12-21-5-7-22(8-6-21)17(24)11-19-18(25)14-3-2-4-15(10-14)23(26)27/h2-4,9-10H,5-8,11-12H2,1H3,(H,19,25). The van der Waals surface area contributed by atoms with Gasteiger partial charge in [-0.3, -0.25) is 24.6 Å². The first kappa shape index (κ1) is 19.5. The predicted molar refractivity (Wildman–Crippen MR) is 98.5 cm³/mol. The average Bonchev–Trinajstić information content (AvgIpc) is 3.11. The molecule has 10 heteroatoms. The average molecular weight is 387 g/mol. The van der Waals surface area contributed by atoms with Crippen molar-refractivity contribution in [2.75, 3.05) is 32.7 Å². The van der Waals surface area contributed by atoms with Gasteiger partial charge < -0.3 is 14.7 Å². The van der Waals surface area contributed by atoms with Gasteiger partial charge in [0, 0.05) is 49.9 Å². The molecule has 1 N–H and O–H groups in total. The molecule has 1 saturated heterocycles. The van der Waals surface area contributed by atoms with Gasteiger partial charge in [0.1, 0.15) is 0 Å². The van der Waals surface area contributed by atoms with Gasteiger partial charge in [-0.2, -0.15) is 0 Å². The molecule has 1 aliphatic rings. The lowest BCUT2D eigenvalue weighted by molar-refractivity contribution is -0.384. The maximum absolute atomic E-state index is 12.3. The van der Waals surface area contributed by atoms with E-state index in [1.165, 1.54) is 24.3 Å². The van der Waals surface area contributed by atoms with Crippen molar-refractivity contribution < 1.29 is 19.0 Å². The summed E-state index contributed by atoms with van der Waals surface area (Å²) in [5, 5.41) is 17.2. The molecule has 1 aromatic carbocycles. The zero-order valence-electron chi connectivity index (χ0n) is 15.5. The monoisotopic (exact) mass is 387 g/mol. The number of rotatable bonds is 6. The normalized spacial score (nSPS) is 14.7. The van der Waals surface area contributed by atoms with Crippen LogP contribution < -0.4 is 5.32 Å². The van der Waals surface area contributed by atoms with Crippen molar-refractivity contribution in [3.63, 3.8) is 0 Å². The summed E-state index contributed by atoms with van der Waals surface area (Å²) < 4.78 is 5.21. The molecule has 0 saturated carbocycles. The van der Waals surface area contributed by atoms with Crippen LogP contribution in [0, 0.1) is 17.0 Å². The molecule has 3 rings (SSSR count). The van der Waals surface area contributed by atoms with Crippen molar-refractivity contribution in [2.24, 2.45) is 0 Å². The molecule has 0 radical (unpaired) electrons. The van der Waals surface area contributed by atoms with E-state index in [0.717, 1.165) is 11.5 Å². The molecular weight excluding hydrogens is 366 g/mol. The lowest BCUT2D eigenvalue weighted by Gasteiger charge is -2.34. The maximum Gasteiger partial charge on any atom is 0.270 e. The van der Waals surface area contributed by atoms with Crippen molar-refractivity contribution in [1.29, 1.82) is 0 Å². The molecule has 0 bridgehead atoms. The molecule has 0 aliphatic carbocycles. The van der Waals surface area contributed by atoms with Crippen LogP contribution in [-0.4, -0.2) is 64.4 Å². The second kappa shape index (κ2) is 8.61. The number of amides is 2. The van der Waals surface area contributed by atoms with Crippen LogP contribution in [0.3, 0.4) is 0 Å². The third-order valence-electron chi connectivity index (χ3n) is 4.50. The number of hydrogen-bond donors (Lipinski definition) is 1. The van der Waals surface area contributed by atoms with Gasteiger partial charge in [-0.1, -0.05) is 11.2 Å². The van der Waals surface area contributed by atoms with Crippen LogP contribution in [0.5, 0.6) is 0 Å². The number of nitro groups is 1. The Labute approximate surface area is 161 Å². The van der Waals surface area contributed by atoms with E-state index in [2.05, 4.69) is 15.4 Å². The highest BCUT2D eigenvalue weighted by atomic mass is 16.6. The van der Waals surface area contributed by atoms with Crippen LogP contribution in [-0.2, 0) is 11.3 Å². The quantitative estimate of drug-likeness (QED) is 0.579. The highest BCUT2D eigenvalue weighted by molar-refractivity contribution is 5.96. The summed E-state index contributed by atoms with van der Waals surface area (Å²) in [5.41, 5.74) is 0.814. The van der Waals surface area contributed by atoms with Gasteiger partial charge in [-0.05, 0) is 13.0 Å². The maximum atomic E-state index is 12.3. The Morgan fingerprint density at radius 1 is 1.25 bits per heavy atom. The molecule has 148 valence electrons. The highest BCUT2D eigenvalue weighted by Crippen LogP contribution is 2.13. The highest BCUT2D eigenvalue weighted by Gasteiger charge is 2.22. The Bertz CT molecular complexity index is 873. The minimum Gasteiger partial charge on any atom is -0.360 e. The number of aryl methyl sites for hydroxylation is 1. The molecule has 0 unspecified atom stereocenters. The van der Waals surface area contributed by atoms with Gasteiger partial charge in [0.25, 0.3) is 11.6 Å². The fourth-order valence-electron chi connectivity index (χ4n) is 3.00. The van der Waals surface area contributed by atoms with E-state index < -0.39 is 10.8 Å². The number of nitrogens with one attached hydrogen (secondary N) is 1. The van der Waals surface area contributed by atoms with Crippen molar-refractivity contribution in [2.45, 2.75) is 13.5 Å². The number of nitro benzene ring substituents is 1. The lowest BCUT2D eigenvalue weighted by Crippen LogP contribution is -2.50. The molecule has 2 amide bonds. The summed E-state index contributed by atoms with van der Waals surface area (Å²) in [6.07, 6.45) is 0. The SMILES string of the molecule is Cc1cc(CN2CCN(C(=O)CNC(=O)c3cccc([N+](=O)[O-])c3)CC2)on1. The molecule has 10 nitrogen and oxygen atoms in total. The first-order valence-electron chi connectivity index (χ1n) is 8.87. The Morgan fingerprint density at radius 3 is 2.64 bits per heavy atom. The zero-order valence-corrected chi connectivity index (χ0v) is 15.5. The van der Waals surface area contributed by atoms with Crippen molar-refractivity contribution >= 4 is 17.5 Å². The Balaban J connectivity index is 1.45. The van der Waals surface area contributed by atoms with E-state index in [4.69, 9.17) is 4.52 Å². The minimum atomic E-state index is -0.568. The van der Waals surface area contributed by atoms with Crippen LogP contribution in [0.2, 0.25) is 0 Å². The topological polar surface area (TPSA) is 122 Å². The molecule has 0 atom stereocenters. The number of benzene rings is 1. The third kappa shape index (κ3) is 4.92. The summed E-state index contributed by atoms with van der Waals surface area (Å²) >= 11 is 0. The molecule has 2 aromatic rings. The number of non-ortho nitro benzene ring substituents is 1. The van der Waals surface area contributed by atoms with E-state index in [1.54, 1.807) is 4.90 Å². The molecule has 28 heavy (non-hydrogen) atoms. The molecule has 1 fully saturated rings. The van der Waals surface area contributed by atoms with Crippen molar-refractivity contribution in [3.8, 4) is 0 Å². The molecule has 2 heterocycles. The number of aromatic nitrogens is 1. The molecule has 0 spiro atoms. The smallest absolute Gasteiger partial charge is 0.270 e. The van der Waals surface area contributed by atoms with Crippen molar-refractivity contribution in [3.05, 3.63) is 57.5 Å². The first-order chi connectivity index (χ1) is 13.4. The predicted octanol–water partition coefficient (Wildman–Crippen LogP) is 0.965. The second-order valence-electron chi connectivity index (χ2n) is 6.58. The van der Waals surface area contributed by atoms with Gasteiger partial charge in [0.2, 0.25) is 5.91 Å². The van der Waals surface area contributed by atoms with Gasteiger partial charge in [0.15, 0.2) is 5.76 Å². The number of hydrogen-bond acceptors (Lipinski definition) is 7. The van der Waals surface area contributed by atoms with E-state index in [-0.39, 0.29) is 23.7 Å². The van der Waals surface area contributed by atoms with E-state index in [9.17, 15) is 19.7 Å². The number of nitrogens with zero attached hydrogens (tertiary/aromatic N) is 4. The molecule has 1 aliphatic heterocycles. The fourth-order valence-corrected chi connectivity index (χ4v) is 3.00. The Hall–Kier alpha value is -3.27. The van der Waals surface area contributed by atoms with Crippen molar-refractivity contribution in [1.82, 2.24) is 20.3 Å². The largest absolute Gasteiger partial charge is 0.360 e. The van der Waals surface area contributed by atoms with E-state index >= 15 is 0 Å².